The molecular formula is C21H23N5O2. The SMILES string of the molecule is Cc1ccc2c(c1)C(=O)Nc1cccc(n1)-c1nncn1C(C)CC(C)CO2. The van der Waals surface area contributed by atoms with Gasteiger partial charge in [-0.05, 0) is 50.5 Å². The lowest BCUT2D eigenvalue weighted by molar-refractivity contribution is 0.102. The third-order valence-corrected chi connectivity index (χ3v) is 4.91. The average molecular weight is 377 g/mol. The molecule has 1 aromatic carbocycles. The Hall–Kier alpha value is -3.22. The lowest BCUT2D eigenvalue weighted by atomic mass is 10.0. The van der Waals surface area contributed by atoms with Gasteiger partial charge in [0.2, 0.25) is 0 Å². The number of nitrogens with one attached hydrogen (secondary N) is 1. The van der Waals surface area contributed by atoms with Gasteiger partial charge in [-0.2, -0.15) is 0 Å². The van der Waals surface area contributed by atoms with Crippen molar-refractivity contribution in [2.75, 3.05) is 11.9 Å². The van der Waals surface area contributed by atoms with Crippen LogP contribution in [0.2, 0.25) is 0 Å². The van der Waals surface area contributed by atoms with Gasteiger partial charge < -0.3 is 14.6 Å². The summed E-state index contributed by atoms with van der Waals surface area (Å²) < 4.78 is 8.04. The maximum Gasteiger partial charge on any atom is 0.260 e. The predicted octanol–water partition coefficient (Wildman–Crippen LogP) is 3.88. The maximum atomic E-state index is 12.9. The van der Waals surface area contributed by atoms with Crippen LogP contribution in [0.3, 0.4) is 0 Å². The monoisotopic (exact) mass is 377 g/mol. The van der Waals surface area contributed by atoms with Crippen molar-refractivity contribution in [2.45, 2.75) is 33.2 Å². The molecule has 3 aromatic rings. The summed E-state index contributed by atoms with van der Waals surface area (Å²) >= 11 is 0. The number of aryl methyl sites for hydroxylation is 1. The van der Waals surface area contributed by atoms with E-state index in [1.165, 1.54) is 0 Å². The highest BCUT2D eigenvalue weighted by Gasteiger charge is 2.20. The summed E-state index contributed by atoms with van der Waals surface area (Å²) in [5.41, 5.74) is 2.18. The van der Waals surface area contributed by atoms with Gasteiger partial charge in [0.05, 0.1) is 12.2 Å². The quantitative estimate of drug-likeness (QED) is 0.643. The van der Waals surface area contributed by atoms with Crippen LogP contribution in [-0.4, -0.2) is 32.3 Å². The number of rotatable bonds is 0. The molecule has 0 radical (unpaired) electrons. The van der Waals surface area contributed by atoms with Crippen LogP contribution in [0.1, 0.15) is 42.2 Å². The van der Waals surface area contributed by atoms with Crippen molar-refractivity contribution in [3.63, 3.8) is 0 Å². The molecule has 1 N–H and O–H groups in total. The molecule has 0 saturated carbocycles. The van der Waals surface area contributed by atoms with Gasteiger partial charge in [-0.25, -0.2) is 4.98 Å². The summed E-state index contributed by atoms with van der Waals surface area (Å²) in [5, 5.41) is 11.2. The van der Waals surface area contributed by atoms with Crippen LogP contribution in [0.15, 0.2) is 42.7 Å². The van der Waals surface area contributed by atoms with Gasteiger partial charge in [-0.15, -0.1) is 10.2 Å². The number of hydrogen-bond donors (Lipinski definition) is 1. The summed E-state index contributed by atoms with van der Waals surface area (Å²) in [4.78, 5) is 17.5. The van der Waals surface area contributed by atoms with E-state index < -0.39 is 0 Å². The Morgan fingerprint density at radius 1 is 1.21 bits per heavy atom. The molecule has 7 nitrogen and oxygen atoms in total. The number of hydrogen-bond acceptors (Lipinski definition) is 5. The fourth-order valence-electron chi connectivity index (χ4n) is 3.50. The highest BCUT2D eigenvalue weighted by atomic mass is 16.5. The number of nitrogens with zero attached hydrogens (tertiary/aromatic N) is 4. The number of ether oxygens (including phenoxy) is 1. The molecule has 144 valence electrons. The fraction of sp³-hybridized carbons (Fsp3) is 0.333. The first kappa shape index (κ1) is 18.2. The van der Waals surface area contributed by atoms with E-state index in [1.807, 2.05) is 41.8 Å². The lowest BCUT2D eigenvalue weighted by Gasteiger charge is -2.21. The van der Waals surface area contributed by atoms with Crippen molar-refractivity contribution >= 4 is 11.7 Å². The fourth-order valence-corrected chi connectivity index (χ4v) is 3.50. The van der Waals surface area contributed by atoms with E-state index in [-0.39, 0.29) is 17.9 Å². The summed E-state index contributed by atoms with van der Waals surface area (Å²) in [6.45, 7) is 6.75. The minimum atomic E-state index is -0.247. The second-order valence-corrected chi connectivity index (χ2v) is 7.42. The topological polar surface area (TPSA) is 81.9 Å². The molecule has 0 spiro atoms. The molecule has 2 bridgehead atoms. The van der Waals surface area contributed by atoms with Gasteiger partial charge in [-0.3, -0.25) is 4.79 Å². The van der Waals surface area contributed by atoms with E-state index in [9.17, 15) is 4.79 Å². The van der Waals surface area contributed by atoms with Gasteiger partial charge in [-0.1, -0.05) is 24.6 Å². The molecule has 0 saturated heterocycles. The summed E-state index contributed by atoms with van der Waals surface area (Å²) in [5.74, 6) is 1.76. The Balaban J connectivity index is 1.79. The average Bonchev–Trinajstić information content (AvgIpc) is 3.16. The highest BCUT2D eigenvalue weighted by molar-refractivity contribution is 6.06. The predicted molar refractivity (Wildman–Crippen MR) is 106 cm³/mol. The number of pyridine rings is 1. The normalized spacial score (nSPS) is 19.6. The van der Waals surface area contributed by atoms with Crippen molar-refractivity contribution in [1.29, 1.82) is 0 Å². The van der Waals surface area contributed by atoms with Crippen LogP contribution in [0.5, 0.6) is 5.75 Å². The third-order valence-electron chi connectivity index (χ3n) is 4.91. The van der Waals surface area contributed by atoms with E-state index in [1.54, 1.807) is 12.4 Å². The van der Waals surface area contributed by atoms with Crippen molar-refractivity contribution < 1.29 is 9.53 Å². The van der Waals surface area contributed by atoms with Crippen LogP contribution < -0.4 is 10.1 Å². The van der Waals surface area contributed by atoms with Crippen molar-refractivity contribution in [3.05, 3.63) is 53.9 Å². The highest BCUT2D eigenvalue weighted by Crippen LogP contribution is 2.27. The zero-order valence-corrected chi connectivity index (χ0v) is 16.2. The lowest BCUT2D eigenvalue weighted by Crippen LogP contribution is -2.19. The van der Waals surface area contributed by atoms with E-state index >= 15 is 0 Å². The van der Waals surface area contributed by atoms with Crippen LogP contribution in [-0.2, 0) is 0 Å². The standard InChI is InChI=1S/C21H23N5O2/c1-13-7-8-18-16(10-13)21(27)24-19-6-4-5-17(23-19)20-25-22-12-26(20)15(3)9-14(2)11-28-18/h4-8,10,12,14-15H,9,11H2,1-3H3,(H,23,24,27). The first-order chi connectivity index (χ1) is 13.5. The van der Waals surface area contributed by atoms with Crippen LogP contribution >= 0.6 is 0 Å². The Morgan fingerprint density at radius 2 is 2.07 bits per heavy atom. The molecule has 0 aliphatic carbocycles. The van der Waals surface area contributed by atoms with Gasteiger partial charge in [0, 0.05) is 6.04 Å². The van der Waals surface area contributed by atoms with E-state index in [2.05, 4.69) is 34.3 Å². The smallest absolute Gasteiger partial charge is 0.260 e. The number of fused-ring (bicyclic) bond motifs is 5. The molecule has 1 amide bonds. The zero-order chi connectivity index (χ0) is 19.7. The van der Waals surface area contributed by atoms with E-state index in [0.29, 0.717) is 35.3 Å². The molecular weight excluding hydrogens is 354 g/mol. The molecule has 7 heteroatoms. The molecule has 1 aliphatic heterocycles. The van der Waals surface area contributed by atoms with Crippen LogP contribution in [0.4, 0.5) is 5.82 Å². The number of amides is 1. The number of carbonyl (C=O) groups excluding carboxylic acids is 1. The Labute approximate surface area is 163 Å². The molecule has 3 heterocycles. The van der Waals surface area contributed by atoms with Gasteiger partial charge in [0.1, 0.15) is 23.6 Å². The Morgan fingerprint density at radius 3 is 2.93 bits per heavy atom. The Bertz CT molecular complexity index is 1010. The summed E-state index contributed by atoms with van der Waals surface area (Å²) in [6.07, 6.45) is 2.61. The van der Waals surface area contributed by atoms with Gasteiger partial charge >= 0.3 is 0 Å². The maximum absolute atomic E-state index is 12.9. The Kier molecular flexibility index (Phi) is 4.81. The van der Waals surface area contributed by atoms with Gasteiger partial charge in [0.25, 0.3) is 5.91 Å². The zero-order valence-electron chi connectivity index (χ0n) is 16.2. The number of benzene rings is 1. The molecule has 2 aromatic heterocycles. The molecule has 4 rings (SSSR count). The largest absolute Gasteiger partial charge is 0.492 e. The second-order valence-electron chi connectivity index (χ2n) is 7.42. The first-order valence-corrected chi connectivity index (χ1v) is 9.43. The van der Waals surface area contributed by atoms with Gasteiger partial charge in [0.15, 0.2) is 5.82 Å². The van der Waals surface area contributed by atoms with Crippen LogP contribution in [0.25, 0.3) is 11.5 Å². The number of aromatic nitrogens is 4. The minimum Gasteiger partial charge on any atom is -0.492 e. The first-order valence-electron chi connectivity index (χ1n) is 9.43. The van der Waals surface area contributed by atoms with Crippen molar-refractivity contribution in [2.24, 2.45) is 5.92 Å². The third kappa shape index (κ3) is 3.60. The minimum absolute atomic E-state index is 0.184. The number of carbonyl (C=O) groups is 1. The molecule has 1 aliphatic rings. The number of anilines is 1. The molecule has 28 heavy (non-hydrogen) atoms. The van der Waals surface area contributed by atoms with Crippen LogP contribution in [0, 0.1) is 12.8 Å². The summed E-state index contributed by atoms with van der Waals surface area (Å²) in [6, 6.07) is 11.3. The van der Waals surface area contributed by atoms with Crippen molar-refractivity contribution in [1.82, 2.24) is 19.7 Å². The second kappa shape index (κ2) is 7.42. The van der Waals surface area contributed by atoms with E-state index in [0.717, 1.165) is 12.0 Å². The molecule has 2 unspecified atom stereocenters. The summed E-state index contributed by atoms with van der Waals surface area (Å²) in [7, 11) is 0. The van der Waals surface area contributed by atoms with Crippen molar-refractivity contribution in [3.8, 4) is 17.3 Å². The molecule has 2 atom stereocenters. The molecule has 0 fully saturated rings. The van der Waals surface area contributed by atoms with E-state index in [4.69, 9.17) is 4.74 Å².